The zero-order chi connectivity index (χ0) is 17.0. The number of amides is 1. The van der Waals surface area contributed by atoms with Crippen molar-refractivity contribution >= 4 is 45.0 Å². The van der Waals surface area contributed by atoms with E-state index in [4.69, 9.17) is 12.2 Å². The lowest BCUT2D eigenvalue weighted by Gasteiger charge is -2.15. The van der Waals surface area contributed by atoms with E-state index >= 15 is 0 Å². The van der Waals surface area contributed by atoms with Crippen LogP contribution in [-0.2, 0) is 21.4 Å². The summed E-state index contributed by atoms with van der Waals surface area (Å²) < 4.78 is 26.0. The maximum Gasteiger partial charge on any atom is 0.251 e. The van der Waals surface area contributed by atoms with Crippen molar-refractivity contribution in [2.75, 3.05) is 19.1 Å². The summed E-state index contributed by atoms with van der Waals surface area (Å²) in [6, 6.07) is 6.21. The van der Waals surface area contributed by atoms with E-state index in [9.17, 15) is 13.2 Å². The van der Waals surface area contributed by atoms with Gasteiger partial charge in [0.15, 0.2) is 5.11 Å². The van der Waals surface area contributed by atoms with Crippen molar-refractivity contribution < 1.29 is 13.2 Å². The van der Waals surface area contributed by atoms with Crippen LogP contribution in [0, 0.1) is 0 Å². The molecule has 126 valence electrons. The quantitative estimate of drug-likeness (QED) is 0.693. The average Bonchev–Trinajstić information content (AvgIpc) is 2.80. The fourth-order valence-corrected chi connectivity index (χ4v) is 3.84. The number of nitrogens with zero attached hydrogens (tertiary/aromatic N) is 1. The largest absolute Gasteiger partial charge is 0.350 e. The van der Waals surface area contributed by atoms with Gasteiger partial charge in [-0.3, -0.25) is 9.69 Å². The van der Waals surface area contributed by atoms with Crippen LogP contribution < -0.4 is 10.0 Å². The fourth-order valence-electron chi connectivity index (χ4n) is 2.27. The van der Waals surface area contributed by atoms with E-state index in [-0.39, 0.29) is 23.4 Å². The Morgan fingerprint density at radius 1 is 1.43 bits per heavy atom. The molecule has 0 aliphatic carbocycles. The van der Waals surface area contributed by atoms with Crippen molar-refractivity contribution in [2.45, 2.75) is 23.9 Å². The molecule has 0 spiro atoms. The second-order valence-corrected chi connectivity index (χ2v) is 8.32. The molecular formula is C14H19N3O3S3. The molecule has 1 aromatic carbocycles. The molecule has 2 rings (SSSR count). The number of sulfonamides is 1. The molecule has 23 heavy (non-hydrogen) atoms. The molecule has 0 aromatic heterocycles. The number of carbonyl (C=O) groups is 1. The van der Waals surface area contributed by atoms with Crippen molar-refractivity contribution in [2.24, 2.45) is 0 Å². The summed E-state index contributed by atoms with van der Waals surface area (Å²) in [6.45, 7) is 0.257. The van der Waals surface area contributed by atoms with Crippen LogP contribution in [0.15, 0.2) is 29.2 Å². The molecule has 0 saturated carbocycles. The van der Waals surface area contributed by atoms with E-state index < -0.39 is 10.0 Å². The van der Waals surface area contributed by atoms with Gasteiger partial charge in [-0.2, -0.15) is 11.8 Å². The molecule has 1 aliphatic heterocycles. The first-order chi connectivity index (χ1) is 10.9. The Morgan fingerprint density at radius 2 is 2.17 bits per heavy atom. The van der Waals surface area contributed by atoms with Crippen LogP contribution in [0.4, 0.5) is 0 Å². The van der Waals surface area contributed by atoms with Gasteiger partial charge >= 0.3 is 0 Å². The first-order valence-electron chi connectivity index (χ1n) is 7.02. The molecular weight excluding hydrogens is 354 g/mol. The highest BCUT2D eigenvalue weighted by molar-refractivity contribution is 7.98. The predicted octanol–water partition coefficient (Wildman–Crippen LogP) is 0.933. The van der Waals surface area contributed by atoms with Crippen LogP contribution in [0.2, 0.25) is 0 Å². The topological polar surface area (TPSA) is 78.5 Å². The summed E-state index contributed by atoms with van der Waals surface area (Å²) in [7, 11) is -2.15. The summed E-state index contributed by atoms with van der Waals surface area (Å²) in [5, 5.41) is 3.42. The van der Waals surface area contributed by atoms with Gasteiger partial charge in [0, 0.05) is 0 Å². The molecule has 1 aromatic rings. The van der Waals surface area contributed by atoms with E-state index in [1.165, 1.54) is 18.0 Å². The van der Waals surface area contributed by atoms with Crippen molar-refractivity contribution in [3.8, 4) is 0 Å². The first-order valence-corrected chi connectivity index (χ1v) is 10.3. The van der Waals surface area contributed by atoms with E-state index in [2.05, 4.69) is 10.0 Å². The van der Waals surface area contributed by atoms with E-state index in [1.807, 2.05) is 6.26 Å². The minimum absolute atomic E-state index is 0.0640. The minimum atomic E-state index is -3.51. The molecule has 1 heterocycles. The monoisotopic (exact) mass is 373 g/mol. The van der Waals surface area contributed by atoms with Gasteiger partial charge in [-0.05, 0) is 55.4 Å². The number of hydrogen-bond acceptors (Lipinski definition) is 5. The zero-order valence-corrected chi connectivity index (χ0v) is 15.4. The molecule has 1 fully saturated rings. The Morgan fingerprint density at radius 3 is 2.83 bits per heavy atom. The SMILES string of the molecule is CNS(=O)(=O)c1cccc(CN2C(=O)[C@H](CCSC)NC2=S)c1. The van der Waals surface area contributed by atoms with Gasteiger partial charge in [-0.1, -0.05) is 12.1 Å². The highest BCUT2D eigenvalue weighted by Gasteiger charge is 2.34. The number of thiocarbonyl (C=S) groups is 1. The van der Waals surface area contributed by atoms with Crippen LogP contribution in [0.3, 0.4) is 0 Å². The number of rotatable bonds is 7. The van der Waals surface area contributed by atoms with Crippen LogP contribution in [0.5, 0.6) is 0 Å². The molecule has 0 unspecified atom stereocenters. The molecule has 9 heteroatoms. The summed E-state index contributed by atoms with van der Waals surface area (Å²) >= 11 is 6.91. The Balaban J connectivity index is 2.15. The minimum Gasteiger partial charge on any atom is -0.350 e. The smallest absolute Gasteiger partial charge is 0.251 e. The van der Waals surface area contributed by atoms with Crippen molar-refractivity contribution in [1.82, 2.24) is 14.9 Å². The van der Waals surface area contributed by atoms with Gasteiger partial charge in [0.2, 0.25) is 10.0 Å². The fraction of sp³-hybridized carbons (Fsp3) is 0.429. The van der Waals surface area contributed by atoms with Crippen LogP contribution in [0.1, 0.15) is 12.0 Å². The molecule has 0 bridgehead atoms. The van der Waals surface area contributed by atoms with E-state index in [1.54, 1.807) is 30.0 Å². The second-order valence-electron chi connectivity index (χ2n) is 5.06. The Labute approximate surface area is 146 Å². The average molecular weight is 374 g/mol. The van der Waals surface area contributed by atoms with Crippen LogP contribution in [0.25, 0.3) is 0 Å². The zero-order valence-electron chi connectivity index (χ0n) is 12.9. The molecule has 1 amide bonds. The van der Waals surface area contributed by atoms with Gasteiger partial charge in [-0.15, -0.1) is 0 Å². The number of hydrogen-bond donors (Lipinski definition) is 2. The first kappa shape index (κ1) is 18.2. The summed E-state index contributed by atoms with van der Waals surface area (Å²) in [6.07, 6.45) is 2.70. The highest BCUT2D eigenvalue weighted by atomic mass is 32.2. The molecule has 1 aliphatic rings. The molecule has 0 radical (unpaired) electrons. The van der Waals surface area contributed by atoms with Crippen molar-refractivity contribution in [3.63, 3.8) is 0 Å². The lowest BCUT2D eigenvalue weighted by atomic mass is 10.2. The van der Waals surface area contributed by atoms with Crippen LogP contribution >= 0.6 is 24.0 Å². The van der Waals surface area contributed by atoms with Crippen molar-refractivity contribution in [1.29, 1.82) is 0 Å². The summed E-state index contributed by atoms with van der Waals surface area (Å²) in [5.74, 6) is 0.807. The van der Waals surface area contributed by atoms with E-state index in [0.717, 1.165) is 5.75 Å². The van der Waals surface area contributed by atoms with Gasteiger partial charge in [0.05, 0.1) is 11.4 Å². The molecule has 2 N–H and O–H groups in total. The van der Waals surface area contributed by atoms with Gasteiger partial charge < -0.3 is 5.32 Å². The van der Waals surface area contributed by atoms with E-state index in [0.29, 0.717) is 17.1 Å². The number of benzene rings is 1. The molecule has 6 nitrogen and oxygen atoms in total. The van der Waals surface area contributed by atoms with Gasteiger partial charge in [0.25, 0.3) is 5.91 Å². The van der Waals surface area contributed by atoms with Gasteiger partial charge in [0.1, 0.15) is 6.04 Å². The summed E-state index contributed by atoms with van der Waals surface area (Å²) in [4.78, 5) is 14.1. The van der Waals surface area contributed by atoms with Crippen molar-refractivity contribution in [3.05, 3.63) is 29.8 Å². The Kier molecular flexibility index (Phi) is 6.01. The number of thioether (sulfide) groups is 1. The second kappa shape index (κ2) is 7.61. The Bertz CT molecular complexity index is 706. The number of carbonyl (C=O) groups excluding carboxylic acids is 1. The Hall–Kier alpha value is -1.16. The third-order valence-electron chi connectivity index (χ3n) is 3.54. The third-order valence-corrected chi connectivity index (χ3v) is 5.93. The third kappa shape index (κ3) is 4.23. The maximum atomic E-state index is 12.4. The standard InChI is InChI=1S/C14H19N3O3S3/c1-15-23(19,20)11-5-3-4-10(8-11)9-17-13(18)12(6-7-22-2)16-14(17)21/h3-5,8,12,15H,6-7,9H2,1-2H3,(H,16,21)/t12-/m0/s1. The lowest BCUT2D eigenvalue weighted by molar-refractivity contribution is -0.127. The predicted molar refractivity (Wildman–Crippen MR) is 95.8 cm³/mol. The molecule has 1 saturated heterocycles. The van der Waals surface area contributed by atoms with Crippen LogP contribution in [-0.4, -0.2) is 49.4 Å². The summed E-state index contributed by atoms with van der Waals surface area (Å²) in [5.41, 5.74) is 0.712. The molecule has 1 atom stereocenters. The normalized spacial score (nSPS) is 18.3. The number of nitrogens with one attached hydrogen (secondary N) is 2. The van der Waals surface area contributed by atoms with Gasteiger partial charge in [-0.25, -0.2) is 13.1 Å². The lowest BCUT2D eigenvalue weighted by Crippen LogP contribution is -2.31. The highest BCUT2D eigenvalue weighted by Crippen LogP contribution is 2.17. The maximum absolute atomic E-state index is 12.4.